The van der Waals surface area contributed by atoms with Crippen LogP contribution in [0, 0.1) is 5.92 Å². The highest BCUT2D eigenvalue weighted by atomic mass is 32.2. The lowest BCUT2D eigenvalue weighted by Gasteiger charge is -2.18. The number of aromatic nitrogens is 5. The highest BCUT2D eigenvalue weighted by Gasteiger charge is 2.29. The topological polar surface area (TPSA) is 116 Å². The Morgan fingerprint density at radius 1 is 1.09 bits per heavy atom. The third kappa shape index (κ3) is 4.28. The van der Waals surface area contributed by atoms with E-state index in [0.29, 0.717) is 11.9 Å². The molecule has 2 aromatic carbocycles. The summed E-state index contributed by atoms with van der Waals surface area (Å²) in [4.78, 5) is 4.70. The van der Waals surface area contributed by atoms with Crippen LogP contribution >= 0.6 is 0 Å². The van der Waals surface area contributed by atoms with Crippen molar-refractivity contribution in [3.63, 3.8) is 0 Å². The summed E-state index contributed by atoms with van der Waals surface area (Å²) in [7, 11) is -3.74. The van der Waals surface area contributed by atoms with Gasteiger partial charge in [-0.1, -0.05) is 55.3 Å². The quantitative estimate of drug-likeness (QED) is 0.432. The monoisotopic (exact) mass is 466 g/mol. The zero-order valence-electron chi connectivity index (χ0n) is 18.5. The van der Waals surface area contributed by atoms with E-state index in [0.717, 1.165) is 29.4 Å². The van der Waals surface area contributed by atoms with Crippen molar-refractivity contribution in [3.8, 4) is 11.4 Å². The normalized spacial score (nSPS) is 16.1. The van der Waals surface area contributed by atoms with E-state index in [9.17, 15) is 8.42 Å². The molecule has 2 heterocycles. The van der Waals surface area contributed by atoms with Crippen LogP contribution in [0.4, 0.5) is 0 Å². The van der Waals surface area contributed by atoms with E-state index in [1.54, 1.807) is 30.3 Å². The van der Waals surface area contributed by atoms with Crippen LogP contribution < -0.4 is 4.72 Å². The van der Waals surface area contributed by atoms with Crippen LogP contribution in [0.5, 0.6) is 0 Å². The highest BCUT2D eigenvalue weighted by molar-refractivity contribution is 7.89. The molecular formula is C23H26N6O3S. The number of benzene rings is 2. The minimum Gasteiger partial charge on any atom is -0.337 e. The summed E-state index contributed by atoms with van der Waals surface area (Å²) >= 11 is 0. The molecule has 0 bridgehead atoms. The number of sulfonamides is 1. The van der Waals surface area contributed by atoms with Crippen LogP contribution in [-0.2, 0) is 10.0 Å². The van der Waals surface area contributed by atoms with Crippen molar-refractivity contribution in [2.24, 2.45) is 5.92 Å². The molecule has 9 nitrogen and oxygen atoms in total. The van der Waals surface area contributed by atoms with Gasteiger partial charge in [-0.05, 0) is 49.1 Å². The molecule has 0 saturated heterocycles. The molecule has 1 saturated carbocycles. The molecule has 1 aliphatic carbocycles. The highest BCUT2D eigenvalue weighted by Crippen LogP contribution is 2.32. The fraction of sp³-hybridized carbons (Fsp3) is 0.391. The summed E-state index contributed by atoms with van der Waals surface area (Å²) in [5.41, 5.74) is 2.50. The summed E-state index contributed by atoms with van der Waals surface area (Å²) in [6, 6.07) is 13.8. The average Bonchev–Trinajstić information content (AvgIpc) is 3.58. The van der Waals surface area contributed by atoms with E-state index in [2.05, 4.69) is 25.2 Å². The van der Waals surface area contributed by atoms with E-state index in [1.807, 2.05) is 36.7 Å². The van der Waals surface area contributed by atoms with Gasteiger partial charge in [0.2, 0.25) is 21.7 Å². The van der Waals surface area contributed by atoms with Crippen molar-refractivity contribution >= 4 is 21.1 Å². The first-order valence-corrected chi connectivity index (χ1v) is 12.7. The summed E-state index contributed by atoms with van der Waals surface area (Å²) in [5, 5.41) is 12.8. The number of fused-ring (bicyclic) bond motifs is 1. The second kappa shape index (κ2) is 8.68. The molecule has 0 spiro atoms. The minimum absolute atomic E-state index is 0.106. The Balaban J connectivity index is 1.42. The van der Waals surface area contributed by atoms with E-state index < -0.39 is 16.1 Å². The molecule has 0 amide bonds. The van der Waals surface area contributed by atoms with Crippen molar-refractivity contribution in [3.05, 3.63) is 54.4 Å². The number of nitrogens with one attached hydrogen (secondary N) is 1. The Morgan fingerprint density at radius 2 is 1.85 bits per heavy atom. The van der Waals surface area contributed by atoms with E-state index in [4.69, 9.17) is 4.52 Å². The van der Waals surface area contributed by atoms with Gasteiger partial charge in [-0.3, -0.25) is 0 Å². The first kappa shape index (κ1) is 21.7. The number of hydrogen-bond acceptors (Lipinski definition) is 7. The second-order valence-corrected chi connectivity index (χ2v) is 10.5. The Labute approximate surface area is 192 Å². The second-order valence-electron chi connectivity index (χ2n) is 8.79. The molecule has 172 valence electrons. The molecule has 1 N–H and O–H groups in total. The molecule has 0 radical (unpaired) electrons. The van der Waals surface area contributed by atoms with Crippen LogP contribution in [0.25, 0.3) is 22.4 Å². The number of nitrogens with zero attached hydrogens (tertiary/aromatic N) is 5. The standard InChI is InChI=1S/C23H26N6O3S/c1-15(2)21(27-33(30,31)18-10-4-3-5-11-18)23-24-22(26-32-23)16-12-13-20-19(14-16)25-28-29(20)17-8-6-7-9-17/h3-5,10-15,17,21,27H,6-9H2,1-2H3. The maximum Gasteiger partial charge on any atom is 0.245 e. The van der Waals surface area contributed by atoms with Gasteiger partial charge in [0.05, 0.1) is 16.5 Å². The van der Waals surface area contributed by atoms with Crippen molar-refractivity contribution < 1.29 is 12.9 Å². The Morgan fingerprint density at radius 3 is 2.58 bits per heavy atom. The van der Waals surface area contributed by atoms with Gasteiger partial charge in [0.1, 0.15) is 11.6 Å². The molecule has 1 atom stereocenters. The molecule has 0 aliphatic heterocycles. The maximum atomic E-state index is 12.8. The third-order valence-corrected chi connectivity index (χ3v) is 7.57. The Kier molecular flexibility index (Phi) is 5.71. The van der Waals surface area contributed by atoms with Crippen molar-refractivity contribution in [2.75, 3.05) is 0 Å². The molecule has 1 aliphatic rings. The van der Waals surface area contributed by atoms with Crippen LogP contribution in [-0.4, -0.2) is 33.6 Å². The predicted molar refractivity (Wildman–Crippen MR) is 123 cm³/mol. The SMILES string of the molecule is CC(C)C(NS(=O)(=O)c1ccccc1)c1nc(-c2ccc3c(c2)nnn3C2CCCC2)no1. The molecule has 1 unspecified atom stereocenters. The number of rotatable bonds is 7. The first-order valence-electron chi connectivity index (χ1n) is 11.2. The van der Waals surface area contributed by atoms with Crippen LogP contribution in [0.2, 0.25) is 0 Å². The lowest BCUT2D eigenvalue weighted by atomic mass is 10.1. The number of hydrogen-bond donors (Lipinski definition) is 1. The predicted octanol–water partition coefficient (Wildman–Crippen LogP) is 4.27. The summed E-state index contributed by atoms with van der Waals surface area (Å²) < 4.78 is 35.9. The van der Waals surface area contributed by atoms with Crippen molar-refractivity contribution in [1.29, 1.82) is 0 Å². The van der Waals surface area contributed by atoms with Crippen LogP contribution in [0.1, 0.15) is 57.5 Å². The van der Waals surface area contributed by atoms with Gasteiger partial charge in [0.15, 0.2) is 0 Å². The molecule has 5 rings (SSSR count). The van der Waals surface area contributed by atoms with Crippen molar-refractivity contribution in [1.82, 2.24) is 29.9 Å². The minimum atomic E-state index is -3.74. The van der Waals surface area contributed by atoms with Crippen molar-refractivity contribution in [2.45, 2.75) is 56.5 Å². The Bertz CT molecular complexity index is 1360. The van der Waals surface area contributed by atoms with Gasteiger partial charge in [0, 0.05) is 5.56 Å². The van der Waals surface area contributed by atoms with E-state index >= 15 is 0 Å². The molecule has 1 fully saturated rings. The smallest absolute Gasteiger partial charge is 0.245 e. The lowest BCUT2D eigenvalue weighted by Crippen LogP contribution is -2.32. The molecule has 2 aromatic heterocycles. The molecular weight excluding hydrogens is 440 g/mol. The summed E-state index contributed by atoms with van der Waals surface area (Å²) in [6.45, 7) is 3.80. The Hall–Kier alpha value is -3.11. The fourth-order valence-electron chi connectivity index (χ4n) is 4.28. The van der Waals surface area contributed by atoms with E-state index in [1.165, 1.54) is 12.8 Å². The van der Waals surface area contributed by atoms with Gasteiger partial charge in [-0.15, -0.1) is 5.10 Å². The van der Waals surface area contributed by atoms with Crippen LogP contribution in [0.15, 0.2) is 57.9 Å². The molecule has 10 heteroatoms. The van der Waals surface area contributed by atoms with Crippen LogP contribution in [0.3, 0.4) is 0 Å². The molecule has 4 aromatic rings. The van der Waals surface area contributed by atoms with Gasteiger partial charge in [-0.2, -0.15) is 9.71 Å². The third-order valence-electron chi connectivity index (χ3n) is 6.11. The van der Waals surface area contributed by atoms with Gasteiger partial charge < -0.3 is 4.52 Å². The lowest BCUT2D eigenvalue weighted by molar-refractivity contribution is 0.311. The van der Waals surface area contributed by atoms with E-state index in [-0.39, 0.29) is 16.7 Å². The first-order chi connectivity index (χ1) is 15.9. The summed E-state index contributed by atoms with van der Waals surface area (Å²) in [6.07, 6.45) is 4.70. The maximum absolute atomic E-state index is 12.8. The summed E-state index contributed by atoms with van der Waals surface area (Å²) in [5.74, 6) is 0.492. The zero-order chi connectivity index (χ0) is 23.0. The average molecular weight is 467 g/mol. The van der Waals surface area contributed by atoms with Gasteiger partial charge in [-0.25, -0.2) is 13.1 Å². The fourth-order valence-corrected chi connectivity index (χ4v) is 5.64. The zero-order valence-corrected chi connectivity index (χ0v) is 19.4. The molecule has 33 heavy (non-hydrogen) atoms. The van der Waals surface area contributed by atoms with Gasteiger partial charge >= 0.3 is 0 Å². The van der Waals surface area contributed by atoms with Gasteiger partial charge in [0.25, 0.3) is 0 Å². The largest absolute Gasteiger partial charge is 0.337 e.